The molecule has 0 amide bonds. The summed E-state index contributed by atoms with van der Waals surface area (Å²) < 4.78 is 0. The summed E-state index contributed by atoms with van der Waals surface area (Å²) in [5.41, 5.74) is 8.36. The van der Waals surface area contributed by atoms with Gasteiger partial charge in [-0.1, -0.05) is 6.92 Å². The van der Waals surface area contributed by atoms with Crippen molar-refractivity contribution in [2.24, 2.45) is 5.92 Å². The van der Waals surface area contributed by atoms with Crippen LogP contribution in [0.15, 0.2) is 23.6 Å². The minimum absolute atomic E-state index is 0.225. The summed E-state index contributed by atoms with van der Waals surface area (Å²) in [7, 11) is 0. The van der Waals surface area contributed by atoms with E-state index in [1.54, 1.807) is 12.3 Å². The number of aliphatic hydroxyl groups excluding tert-OH is 1. The number of nitrogen functional groups attached to an aromatic ring is 1. The number of hydrogen-bond acceptors (Lipinski definition) is 9. The normalized spacial score (nSPS) is 26.8. The molecule has 5 rings (SSSR count). The third-order valence-corrected chi connectivity index (χ3v) is 8.86. The fourth-order valence-electron chi connectivity index (χ4n) is 6.22. The number of rotatable bonds is 3. The summed E-state index contributed by atoms with van der Waals surface area (Å²) in [4.78, 5) is 12.6. The molecule has 8 nitrogen and oxygen atoms in total. The lowest BCUT2D eigenvalue weighted by molar-refractivity contribution is 0.206. The van der Waals surface area contributed by atoms with Gasteiger partial charge in [0.1, 0.15) is 16.8 Å². The first-order valence-electron chi connectivity index (χ1n) is 12.5. The van der Waals surface area contributed by atoms with Crippen LogP contribution in [0.2, 0.25) is 0 Å². The number of nitrogens with one attached hydrogen (secondary N) is 2. The van der Waals surface area contributed by atoms with Crippen molar-refractivity contribution < 1.29 is 5.11 Å². The smallest absolute Gasteiger partial charge is 0.226 e. The summed E-state index contributed by atoms with van der Waals surface area (Å²) in [5.74, 6) is 1.10. The van der Waals surface area contributed by atoms with Gasteiger partial charge in [-0.3, -0.25) is 5.41 Å². The molecular formula is C26H33N7OS. The number of hydrogen-bond donors (Lipinski definition) is 4. The average molecular weight is 492 g/mol. The van der Waals surface area contributed by atoms with Crippen LogP contribution < -0.4 is 16.0 Å². The zero-order valence-corrected chi connectivity index (χ0v) is 21.2. The van der Waals surface area contributed by atoms with E-state index in [9.17, 15) is 10.4 Å². The number of aromatic nitrogens is 2. The van der Waals surface area contributed by atoms with Gasteiger partial charge in [0.15, 0.2) is 0 Å². The molecule has 2 unspecified atom stereocenters. The van der Waals surface area contributed by atoms with Gasteiger partial charge < -0.3 is 21.1 Å². The molecule has 0 bridgehead atoms. The summed E-state index contributed by atoms with van der Waals surface area (Å²) in [5, 5.41) is 34.8. The lowest BCUT2D eigenvalue weighted by atomic mass is 9.61. The van der Waals surface area contributed by atoms with Gasteiger partial charge in [0.2, 0.25) is 5.95 Å². The molecule has 0 aromatic carbocycles. The second kappa shape index (κ2) is 9.25. The Morgan fingerprint density at radius 2 is 2.23 bits per heavy atom. The van der Waals surface area contributed by atoms with E-state index < -0.39 is 5.41 Å². The van der Waals surface area contributed by atoms with Crippen molar-refractivity contribution in [1.82, 2.24) is 15.3 Å². The molecule has 3 atom stereocenters. The van der Waals surface area contributed by atoms with Crippen molar-refractivity contribution in [3.63, 3.8) is 0 Å². The first kappa shape index (κ1) is 23.8. The number of thiophene rings is 1. The zero-order valence-electron chi connectivity index (χ0n) is 20.4. The highest BCUT2D eigenvalue weighted by Crippen LogP contribution is 2.55. The summed E-state index contributed by atoms with van der Waals surface area (Å²) in [6.45, 7) is 7.01. The molecule has 3 aliphatic rings. The molecule has 2 aromatic heterocycles. The summed E-state index contributed by atoms with van der Waals surface area (Å²) in [6.07, 6.45) is 6.63. The van der Waals surface area contributed by atoms with E-state index in [0.29, 0.717) is 34.2 Å². The Labute approximate surface area is 210 Å². The zero-order chi connectivity index (χ0) is 24.7. The van der Waals surface area contributed by atoms with Crippen LogP contribution in [0.3, 0.4) is 0 Å². The predicted molar refractivity (Wildman–Crippen MR) is 139 cm³/mol. The second-order valence-electron chi connectivity index (χ2n) is 10.2. The van der Waals surface area contributed by atoms with Gasteiger partial charge in [-0.05, 0) is 69.5 Å². The van der Waals surface area contributed by atoms with Gasteiger partial charge in [0, 0.05) is 35.8 Å². The quantitative estimate of drug-likeness (QED) is 0.475. The van der Waals surface area contributed by atoms with E-state index in [1.165, 1.54) is 11.3 Å². The minimum atomic E-state index is -0.660. The maximum Gasteiger partial charge on any atom is 0.226 e. The number of nitriles is 1. The molecule has 9 heteroatoms. The Hall–Kier alpha value is -2.96. The SMILES string of the molecule is CC1CC(C(=N)c2ccnc(N3CCCNC[C@@H]3C)n2)=C(O)C2(CCCc3sc(N)c(C#N)c32)C1. The predicted octanol–water partition coefficient (Wildman–Crippen LogP) is 4.06. The molecule has 2 aromatic rings. The molecule has 1 fully saturated rings. The van der Waals surface area contributed by atoms with Crippen molar-refractivity contribution in [3.8, 4) is 6.07 Å². The molecule has 1 saturated heterocycles. The monoisotopic (exact) mass is 491 g/mol. The van der Waals surface area contributed by atoms with E-state index in [0.717, 1.165) is 62.2 Å². The van der Waals surface area contributed by atoms with Gasteiger partial charge in [-0.25, -0.2) is 9.97 Å². The van der Waals surface area contributed by atoms with Gasteiger partial charge in [-0.15, -0.1) is 11.3 Å². The standard InChI is InChI=1S/C26H33N7OS/c1-15-11-17(22(28)19-6-9-31-25(32-19)33-10-4-8-30-14-16(33)2)23(34)26(12-15)7-3-5-20-21(26)18(13-27)24(29)35-20/h6,9,15-16,28,30,34H,3-5,7-8,10-12,14,29H2,1-2H3/t15?,16-,26?/m0/s1. The third kappa shape index (κ3) is 3.99. The van der Waals surface area contributed by atoms with Gasteiger partial charge in [0.05, 0.1) is 22.4 Å². The Balaban J connectivity index is 1.57. The lowest BCUT2D eigenvalue weighted by Crippen LogP contribution is -2.40. The molecule has 1 aliphatic heterocycles. The van der Waals surface area contributed by atoms with Crippen LogP contribution in [0.1, 0.15) is 67.6 Å². The second-order valence-corrected chi connectivity index (χ2v) is 11.4. The Morgan fingerprint density at radius 1 is 1.40 bits per heavy atom. The minimum Gasteiger partial charge on any atom is -0.511 e. The van der Waals surface area contributed by atoms with Crippen molar-refractivity contribution >= 4 is 28.0 Å². The van der Waals surface area contributed by atoms with E-state index in [1.807, 2.05) is 0 Å². The Morgan fingerprint density at radius 3 is 3.03 bits per heavy atom. The molecule has 35 heavy (non-hydrogen) atoms. The number of aliphatic hydroxyl groups is 1. The highest BCUT2D eigenvalue weighted by molar-refractivity contribution is 7.16. The topological polar surface area (TPSA) is 135 Å². The van der Waals surface area contributed by atoms with Crippen LogP contribution in [-0.4, -0.2) is 46.5 Å². The van der Waals surface area contributed by atoms with Crippen LogP contribution in [0.25, 0.3) is 0 Å². The number of nitrogens with zero attached hydrogens (tertiary/aromatic N) is 4. The molecule has 184 valence electrons. The van der Waals surface area contributed by atoms with Gasteiger partial charge in [0.25, 0.3) is 0 Å². The number of fused-ring (bicyclic) bond motifs is 2. The van der Waals surface area contributed by atoms with Crippen LogP contribution in [0, 0.1) is 22.7 Å². The number of aryl methyl sites for hydroxylation is 1. The van der Waals surface area contributed by atoms with Crippen LogP contribution in [0.5, 0.6) is 0 Å². The van der Waals surface area contributed by atoms with Gasteiger partial charge >= 0.3 is 0 Å². The van der Waals surface area contributed by atoms with E-state index >= 15 is 0 Å². The third-order valence-electron chi connectivity index (χ3n) is 7.78. The van der Waals surface area contributed by atoms with Crippen molar-refractivity contribution in [1.29, 1.82) is 10.7 Å². The highest BCUT2D eigenvalue weighted by atomic mass is 32.1. The lowest BCUT2D eigenvalue weighted by Gasteiger charge is -2.43. The average Bonchev–Trinajstić information content (AvgIpc) is 3.03. The molecule has 0 radical (unpaired) electrons. The van der Waals surface area contributed by atoms with Gasteiger partial charge in [-0.2, -0.15) is 5.26 Å². The fourth-order valence-corrected chi connectivity index (χ4v) is 7.38. The number of anilines is 2. The van der Waals surface area contributed by atoms with E-state index in [-0.39, 0.29) is 23.4 Å². The largest absolute Gasteiger partial charge is 0.511 e. The van der Waals surface area contributed by atoms with Crippen molar-refractivity contribution in [2.45, 2.75) is 63.8 Å². The Bertz CT molecular complexity index is 1230. The first-order chi connectivity index (χ1) is 16.9. The number of nitrogens with two attached hydrogens (primary N) is 1. The Kier molecular flexibility index (Phi) is 6.28. The van der Waals surface area contributed by atoms with E-state index in [2.05, 4.69) is 35.1 Å². The molecule has 1 spiro atoms. The molecular weight excluding hydrogens is 458 g/mol. The van der Waals surface area contributed by atoms with Crippen LogP contribution >= 0.6 is 11.3 Å². The maximum absolute atomic E-state index is 11.8. The summed E-state index contributed by atoms with van der Waals surface area (Å²) in [6, 6.07) is 4.32. The van der Waals surface area contributed by atoms with E-state index in [4.69, 9.17) is 16.1 Å². The highest BCUT2D eigenvalue weighted by Gasteiger charge is 2.48. The molecule has 3 heterocycles. The number of allylic oxidation sites excluding steroid dienone is 2. The molecule has 0 saturated carbocycles. The maximum atomic E-state index is 11.8. The first-order valence-corrected chi connectivity index (χ1v) is 13.3. The molecule has 2 aliphatic carbocycles. The van der Waals surface area contributed by atoms with Crippen molar-refractivity contribution in [3.05, 3.63) is 45.3 Å². The fraction of sp³-hybridized carbons (Fsp3) is 0.538. The van der Waals surface area contributed by atoms with Crippen LogP contribution in [0.4, 0.5) is 10.9 Å². The van der Waals surface area contributed by atoms with Crippen molar-refractivity contribution in [2.75, 3.05) is 30.3 Å². The molecule has 5 N–H and O–H groups in total. The summed E-state index contributed by atoms with van der Waals surface area (Å²) >= 11 is 1.47. The van der Waals surface area contributed by atoms with Crippen LogP contribution in [-0.2, 0) is 11.8 Å².